The number of aromatic nitrogens is 2. The zero-order valence-corrected chi connectivity index (χ0v) is 17.4. The lowest BCUT2D eigenvalue weighted by Crippen LogP contribution is -2.41. The summed E-state index contributed by atoms with van der Waals surface area (Å²) in [7, 11) is -3.72. The van der Waals surface area contributed by atoms with Gasteiger partial charge in [0, 0.05) is 16.6 Å². The van der Waals surface area contributed by atoms with E-state index in [1.807, 2.05) is 30.3 Å². The van der Waals surface area contributed by atoms with E-state index in [1.54, 1.807) is 12.1 Å². The monoisotopic (exact) mass is 431 g/mol. The smallest absolute Gasteiger partial charge is 0.243 e. The Labute approximate surface area is 175 Å². The van der Waals surface area contributed by atoms with Gasteiger partial charge in [0.1, 0.15) is 0 Å². The van der Waals surface area contributed by atoms with E-state index >= 15 is 0 Å². The zero-order chi connectivity index (χ0) is 20.3. The SMILES string of the molecule is O=S(=O)(c1ccc(Cl)cc1)N(Cc1nc(-c2ccccc2)no1)C1CCCCC1. The topological polar surface area (TPSA) is 76.3 Å². The molecule has 0 atom stereocenters. The summed E-state index contributed by atoms with van der Waals surface area (Å²) in [6.07, 6.45) is 4.80. The number of halogens is 1. The highest BCUT2D eigenvalue weighted by Gasteiger charge is 2.34. The summed E-state index contributed by atoms with van der Waals surface area (Å²) < 4.78 is 33.7. The standard InChI is InChI=1S/C21H22ClN3O3S/c22-17-11-13-19(14-12-17)29(26,27)25(18-9-5-2-6-10-18)15-20-23-21(24-28-20)16-7-3-1-4-8-16/h1,3-4,7-8,11-14,18H,2,5-6,9-10,15H2. The second-order valence-electron chi connectivity index (χ2n) is 7.17. The van der Waals surface area contributed by atoms with Gasteiger partial charge in [-0.3, -0.25) is 0 Å². The molecule has 0 amide bonds. The number of nitrogens with zero attached hydrogens (tertiary/aromatic N) is 3. The second kappa shape index (κ2) is 8.65. The van der Waals surface area contributed by atoms with Gasteiger partial charge in [0.25, 0.3) is 0 Å². The number of hydrogen-bond donors (Lipinski definition) is 0. The van der Waals surface area contributed by atoms with Gasteiger partial charge in [-0.15, -0.1) is 0 Å². The van der Waals surface area contributed by atoms with Crippen LogP contribution in [-0.4, -0.2) is 28.9 Å². The fourth-order valence-corrected chi connectivity index (χ4v) is 5.44. The van der Waals surface area contributed by atoms with Crippen molar-refractivity contribution in [1.29, 1.82) is 0 Å². The van der Waals surface area contributed by atoms with Crippen LogP contribution in [0.25, 0.3) is 11.4 Å². The van der Waals surface area contributed by atoms with Gasteiger partial charge in [-0.1, -0.05) is 66.4 Å². The molecular formula is C21H22ClN3O3S. The van der Waals surface area contributed by atoms with Crippen molar-refractivity contribution < 1.29 is 12.9 Å². The lowest BCUT2D eigenvalue weighted by Gasteiger charge is -2.32. The van der Waals surface area contributed by atoms with Gasteiger partial charge in [-0.2, -0.15) is 9.29 Å². The van der Waals surface area contributed by atoms with Crippen molar-refractivity contribution in [1.82, 2.24) is 14.4 Å². The number of hydrogen-bond acceptors (Lipinski definition) is 5. The fraction of sp³-hybridized carbons (Fsp3) is 0.333. The van der Waals surface area contributed by atoms with Gasteiger partial charge in [0.15, 0.2) is 0 Å². The Morgan fingerprint density at radius 2 is 1.69 bits per heavy atom. The van der Waals surface area contributed by atoms with E-state index in [4.69, 9.17) is 16.1 Å². The Morgan fingerprint density at radius 3 is 2.38 bits per heavy atom. The number of sulfonamides is 1. The average molecular weight is 432 g/mol. The second-order valence-corrected chi connectivity index (χ2v) is 9.50. The Kier molecular flexibility index (Phi) is 5.99. The minimum atomic E-state index is -3.72. The van der Waals surface area contributed by atoms with Crippen molar-refractivity contribution in [3.63, 3.8) is 0 Å². The molecule has 2 aromatic carbocycles. The van der Waals surface area contributed by atoms with Gasteiger partial charge in [0.05, 0.1) is 11.4 Å². The molecule has 1 aliphatic rings. The summed E-state index contributed by atoms with van der Waals surface area (Å²) >= 11 is 5.94. The maximum atomic E-state index is 13.4. The molecule has 152 valence electrons. The summed E-state index contributed by atoms with van der Waals surface area (Å²) in [6, 6.07) is 15.6. The summed E-state index contributed by atoms with van der Waals surface area (Å²) in [4.78, 5) is 4.65. The van der Waals surface area contributed by atoms with Crippen LogP contribution in [0.15, 0.2) is 64.0 Å². The van der Waals surface area contributed by atoms with E-state index in [2.05, 4.69) is 10.1 Å². The van der Waals surface area contributed by atoms with Crippen LogP contribution in [0.4, 0.5) is 0 Å². The van der Waals surface area contributed by atoms with Crippen LogP contribution in [-0.2, 0) is 16.6 Å². The van der Waals surface area contributed by atoms with Gasteiger partial charge in [-0.25, -0.2) is 8.42 Å². The molecule has 29 heavy (non-hydrogen) atoms. The van der Waals surface area contributed by atoms with Crippen molar-refractivity contribution in [2.45, 2.75) is 49.6 Å². The molecule has 1 aromatic heterocycles. The van der Waals surface area contributed by atoms with Crippen LogP contribution in [0.3, 0.4) is 0 Å². The van der Waals surface area contributed by atoms with Crippen LogP contribution in [0.2, 0.25) is 5.02 Å². The average Bonchev–Trinajstić information content (AvgIpc) is 3.22. The quantitative estimate of drug-likeness (QED) is 0.554. The molecule has 0 bridgehead atoms. The first kappa shape index (κ1) is 20.1. The lowest BCUT2D eigenvalue weighted by atomic mass is 9.95. The minimum absolute atomic E-state index is 0.0511. The molecule has 0 aliphatic heterocycles. The molecule has 3 aromatic rings. The third-order valence-electron chi connectivity index (χ3n) is 5.19. The fourth-order valence-electron chi connectivity index (χ4n) is 3.68. The van der Waals surface area contributed by atoms with E-state index in [0.29, 0.717) is 10.8 Å². The number of benzene rings is 2. The summed E-state index contributed by atoms with van der Waals surface area (Å²) in [5.41, 5.74) is 0.826. The molecule has 0 spiro atoms. The Bertz CT molecular complexity index is 1050. The molecule has 8 heteroatoms. The van der Waals surface area contributed by atoms with Crippen LogP contribution < -0.4 is 0 Å². The largest absolute Gasteiger partial charge is 0.338 e. The predicted octanol–water partition coefficient (Wildman–Crippen LogP) is 4.91. The zero-order valence-electron chi connectivity index (χ0n) is 15.9. The van der Waals surface area contributed by atoms with Crippen LogP contribution in [0, 0.1) is 0 Å². The minimum Gasteiger partial charge on any atom is -0.338 e. The Morgan fingerprint density at radius 1 is 1.00 bits per heavy atom. The third kappa shape index (κ3) is 4.52. The molecule has 1 saturated carbocycles. The molecule has 4 rings (SSSR count). The van der Waals surface area contributed by atoms with Crippen molar-refractivity contribution in [2.24, 2.45) is 0 Å². The first-order valence-electron chi connectivity index (χ1n) is 9.69. The highest BCUT2D eigenvalue weighted by molar-refractivity contribution is 7.89. The van der Waals surface area contributed by atoms with Gasteiger partial charge >= 0.3 is 0 Å². The molecule has 0 unspecified atom stereocenters. The van der Waals surface area contributed by atoms with Gasteiger partial charge in [0.2, 0.25) is 21.7 Å². The van der Waals surface area contributed by atoms with E-state index in [0.717, 1.165) is 37.7 Å². The first-order chi connectivity index (χ1) is 14.0. The van der Waals surface area contributed by atoms with Crippen molar-refractivity contribution in [2.75, 3.05) is 0 Å². The summed E-state index contributed by atoms with van der Waals surface area (Å²) in [5, 5.41) is 4.52. The van der Waals surface area contributed by atoms with E-state index in [-0.39, 0.29) is 23.4 Å². The lowest BCUT2D eigenvalue weighted by molar-refractivity contribution is 0.223. The molecule has 1 fully saturated rings. The van der Waals surface area contributed by atoms with Crippen LogP contribution in [0.5, 0.6) is 0 Å². The first-order valence-corrected chi connectivity index (χ1v) is 11.5. The highest BCUT2D eigenvalue weighted by Crippen LogP contribution is 2.30. The van der Waals surface area contributed by atoms with Crippen molar-refractivity contribution in [3.8, 4) is 11.4 Å². The summed E-state index contributed by atoms with van der Waals surface area (Å²) in [5.74, 6) is 0.736. The Hall–Kier alpha value is -2.22. The Balaban J connectivity index is 1.64. The van der Waals surface area contributed by atoms with Crippen LogP contribution >= 0.6 is 11.6 Å². The molecule has 0 saturated heterocycles. The molecule has 1 heterocycles. The van der Waals surface area contributed by atoms with Crippen molar-refractivity contribution in [3.05, 3.63) is 65.5 Å². The molecular weight excluding hydrogens is 410 g/mol. The normalized spacial score (nSPS) is 15.7. The van der Waals surface area contributed by atoms with E-state index in [9.17, 15) is 8.42 Å². The van der Waals surface area contributed by atoms with E-state index in [1.165, 1.54) is 16.4 Å². The van der Waals surface area contributed by atoms with Gasteiger partial charge in [-0.05, 0) is 37.1 Å². The van der Waals surface area contributed by atoms with Crippen LogP contribution in [0.1, 0.15) is 38.0 Å². The molecule has 0 N–H and O–H groups in total. The molecule has 0 radical (unpaired) electrons. The number of rotatable bonds is 6. The van der Waals surface area contributed by atoms with E-state index < -0.39 is 10.0 Å². The predicted molar refractivity (Wildman–Crippen MR) is 111 cm³/mol. The van der Waals surface area contributed by atoms with Gasteiger partial charge < -0.3 is 4.52 Å². The maximum Gasteiger partial charge on any atom is 0.243 e. The molecule has 6 nitrogen and oxygen atoms in total. The third-order valence-corrected chi connectivity index (χ3v) is 7.36. The maximum absolute atomic E-state index is 13.4. The molecule has 1 aliphatic carbocycles. The van der Waals surface area contributed by atoms with Crippen molar-refractivity contribution >= 4 is 21.6 Å². The highest BCUT2D eigenvalue weighted by atomic mass is 35.5. The summed E-state index contributed by atoms with van der Waals surface area (Å²) in [6.45, 7) is 0.0511.